The first-order chi connectivity index (χ1) is 21.4. The Morgan fingerprint density at radius 3 is 2.55 bits per heavy atom. The number of aromatic nitrogens is 4. The quantitative estimate of drug-likeness (QED) is 0.335. The Morgan fingerprint density at radius 1 is 1.07 bits per heavy atom. The molecule has 3 aromatic rings. The van der Waals surface area contributed by atoms with Gasteiger partial charge in [0, 0.05) is 17.6 Å². The summed E-state index contributed by atoms with van der Waals surface area (Å²) in [6.07, 6.45) is 10.5. The van der Waals surface area contributed by atoms with Gasteiger partial charge in [-0.2, -0.15) is 4.98 Å². The predicted octanol–water partition coefficient (Wildman–Crippen LogP) is 4.63. The topological polar surface area (TPSA) is 127 Å². The zero-order valence-corrected chi connectivity index (χ0v) is 26.0. The third kappa shape index (κ3) is 5.70. The summed E-state index contributed by atoms with van der Waals surface area (Å²) in [6.45, 7) is 6.16. The van der Waals surface area contributed by atoms with Crippen LogP contribution in [0.15, 0.2) is 30.7 Å². The molecule has 1 amide bonds. The number of likely N-dealkylation sites (tertiary alicyclic amines) is 1. The highest BCUT2D eigenvalue weighted by Gasteiger charge is 2.40. The second kappa shape index (κ2) is 12.8. The zero-order chi connectivity index (χ0) is 30.8. The first kappa shape index (κ1) is 29.9. The summed E-state index contributed by atoms with van der Waals surface area (Å²) in [7, 11) is 3.69. The lowest BCUT2D eigenvalue weighted by Crippen LogP contribution is -2.43. The number of anilines is 3. The molecule has 0 bridgehead atoms. The maximum absolute atomic E-state index is 13.0. The number of rotatable bonds is 9. The van der Waals surface area contributed by atoms with Gasteiger partial charge in [0.2, 0.25) is 5.95 Å². The molecule has 2 N–H and O–H groups in total. The molecule has 1 saturated heterocycles. The van der Waals surface area contributed by atoms with Crippen LogP contribution < -0.4 is 20.3 Å². The average Bonchev–Trinajstić information content (AvgIpc) is 3.73. The van der Waals surface area contributed by atoms with Gasteiger partial charge in [-0.1, -0.05) is 19.8 Å². The number of hydrogen-bond acceptors (Lipinski definition) is 10. The molecule has 1 aliphatic carbocycles. The van der Waals surface area contributed by atoms with Crippen LogP contribution in [0.4, 0.5) is 17.5 Å². The molecule has 12 heteroatoms. The van der Waals surface area contributed by atoms with Gasteiger partial charge in [0.1, 0.15) is 17.8 Å². The van der Waals surface area contributed by atoms with E-state index in [2.05, 4.69) is 44.4 Å². The van der Waals surface area contributed by atoms with Crippen molar-refractivity contribution in [3.8, 4) is 11.4 Å². The number of benzene rings is 1. The van der Waals surface area contributed by atoms with E-state index in [9.17, 15) is 9.59 Å². The molecular weight excluding hydrogens is 560 g/mol. The molecule has 3 aliphatic rings. The van der Waals surface area contributed by atoms with Crippen LogP contribution in [0.2, 0.25) is 0 Å². The molecule has 0 spiro atoms. The van der Waals surface area contributed by atoms with Crippen LogP contribution in [-0.4, -0.2) is 82.2 Å². The minimum atomic E-state index is -0.413. The van der Waals surface area contributed by atoms with Gasteiger partial charge in [0.05, 0.1) is 37.3 Å². The largest absolute Gasteiger partial charge is 0.495 e. The number of nitrogens with zero attached hydrogens (tertiary/aromatic N) is 6. The molecule has 4 heterocycles. The minimum Gasteiger partial charge on any atom is -0.495 e. The standard InChI is InChI=1S/C32H42N8O4/c1-5-24-28-27(31(42)44-6-2)34-19-39(28)25-18-33-32(37-29(25)40(24)22-9-7-8-10-22)36-23-12-11-20(17-26(23)43-4)30(41)35-21-13-15-38(3)16-14-21/h11-12,17-19,21-22,24H,5-10,13-16H2,1-4H3,(H,35,41)(H,33,36,37)/t24-/m1/s1. The van der Waals surface area contributed by atoms with Crippen LogP contribution in [0.1, 0.15) is 91.4 Å². The van der Waals surface area contributed by atoms with Crippen LogP contribution in [0.3, 0.4) is 0 Å². The molecule has 1 atom stereocenters. The van der Waals surface area contributed by atoms with E-state index in [1.54, 1.807) is 38.7 Å². The fourth-order valence-corrected chi connectivity index (χ4v) is 6.77. The molecule has 12 nitrogen and oxygen atoms in total. The minimum absolute atomic E-state index is 0.0906. The maximum atomic E-state index is 13.0. The summed E-state index contributed by atoms with van der Waals surface area (Å²) >= 11 is 0. The fourth-order valence-electron chi connectivity index (χ4n) is 6.77. The van der Waals surface area contributed by atoms with Crippen molar-refractivity contribution >= 4 is 29.3 Å². The zero-order valence-electron chi connectivity index (χ0n) is 26.0. The number of ether oxygens (including phenoxy) is 2. The van der Waals surface area contributed by atoms with E-state index in [0.29, 0.717) is 28.6 Å². The first-order valence-electron chi connectivity index (χ1n) is 15.8. The van der Waals surface area contributed by atoms with Gasteiger partial charge in [-0.05, 0) is 77.4 Å². The second-order valence-corrected chi connectivity index (χ2v) is 11.8. The van der Waals surface area contributed by atoms with Crippen LogP contribution in [0, 0.1) is 0 Å². The summed E-state index contributed by atoms with van der Waals surface area (Å²) in [4.78, 5) is 44.7. The van der Waals surface area contributed by atoms with Crippen LogP contribution in [0.25, 0.3) is 5.69 Å². The second-order valence-electron chi connectivity index (χ2n) is 11.8. The van der Waals surface area contributed by atoms with E-state index in [-0.39, 0.29) is 30.6 Å². The average molecular weight is 603 g/mol. The number of carbonyl (C=O) groups is 2. The van der Waals surface area contributed by atoms with Gasteiger partial charge in [-0.3, -0.25) is 9.36 Å². The van der Waals surface area contributed by atoms with Crippen LogP contribution in [0.5, 0.6) is 5.75 Å². The Kier molecular flexibility index (Phi) is 8.69. The van der Waals surface area contributed by atoms with Gasteiger partial charge in [0.25, 0.3) is 5.91 Å². The van der Waals surface area contributed by atoms with Crippen molar-refractivity contribution in [3.63, 3.8) is 0 Å². The molecule has 44 heavy (non-hydrogen) atoms. The number of esters is 1. The SMILES string of the molecule is CCOC(=O)c1ncn2c1[C@@H](CC)N(C1CCCC1)c1nc(Nc3ccc(C(=O)NC4CCN(C)CC4)cc3OC)ncc1-2. The maximum Gasteiger partial charge on any atom is 0.358 e. The lowest BCUT2D eigenvalue weighted by atomic mass is 10.00. The van der Waals surface area contributed by atoms with Gasteiger partial charge in [-0.25, -0.2) is 14.8 Å². The van der Waals surface area contributed by atoms with E-state index >= 15 is 0 Å². The third-order valence-corrected chi connectivity index (χ3v) is 9.05. The summed E-state index contributed by atoms with van der Waals surface area (Å²) in [5.74, 6) is 1.22. The van der Waals surface area contributed by atoms with Crippen molar-refractivity contribution in [2.24, 2.45) is 0 Å². The van der Waals surface area contributed by atoms with Crippen molar-refractivity contribution in [1.29, 1.82) is 0 Å². The molecule has 1 saturated carbocycles. The molecule has 2 aliphatic heterocycles. The molecule has 1 aromatic carbocycles. The Labute approximate surface area is 258 Å². The van der Waals surface area contributed by atoms with Crippen molar-refractivity contribution < 1.29 is 19.1 Å². The first-order valence-corrected chi connectivity index (χ1v) is 15.8. The highest BCUT2D eigenvalue weighted by atomic mass is 16.5. The number of amides is 1. The normalized spacial score (nSPS) is 18.9. The summed E-state index contributed by atoms with van der Waals surface area (Å²) < 4.78 is 13.0. The lowest BCUT2D eigenvalue weighted by Gasteiger charge is -2.42. The molecule has 234 valence electrons. The number of hydrogen-bond donors (Lipinski definition) is 2. The number of carbonyl (C=O) groups excluding carboxylic acids is 2. The summed E-state index contributed by atoms with van der Waals surface area (Å²) in [5, 5.41) is 6.49. The summed E-state index contributed by atoms with van der Waals surface area (Å²) in [5.41, 5.74) is 3.15. The lowest BCUT2D eigenvalue weighted by molar-refractivity contribution is 0.0517. The van der Waals surface area contributed by atoms with Crippen LogP contribution in [-0.2, 0) is 4.74 Å². The van der Waals surface area contributed by atoms with Gasteiger partial charge < -0.3 is 29.9 Å². The Balaban J connectivity index is 1.30. The molecular formula is C32H42N8O4. The molecule has 2 aromatic heterocycles. The number of imidazole rings is 1. The van der Waals surface area contributed by atoms with E-state index in [0.717, 1.165) is 75.2 Å². The Bertz CT molecular complexity index is 1510. The smallest absolute Gasteiger partial charge is 0.358 e. The summed E-state index contributed by atoms with van der Waals surface area (Å²) in [6, 6.07) is 5.74. The van der Waals surface area contributed by atoms with Crippen molar-refractivity contribution in [3.05, 3.63) is 47.7 Å². The molecule has 6 rings (SSSR count). The van der Waals surface area contributed by atoms with Crippen molar-refractivity contribution in [2.45, 2.75) is 76.9 Å². The molecule has 2 fully saturated rings. The monoisotopic (exact) mass is 602 g/mol. The van der Waals surface area contributed by atoms with Crippen molar-refractivity contribution in [1.82, 2.24) is 29.7 Å². The fraction of sp³-hybridized carbons (Fsp3) is 0.531. The van der Waals surface area contributed by atoms with E-state index in [1.807, 2.05) is 10.6 Å². The van der Waals surface area contributed by atoms with Gasteiger partial charge >= 0.3 is 5.97 Å². The highest BCUT2D eigenvalue weighted by Crippen LogP contribution is 2.45. The molecule has 0 unspecified atom stereocenters. The number of methoxy groups -OCH3 is 1. The Hall–Kier alpha value is -4.19. The highest BCUT2D eigenvalue weighted by molar-refractivity contribution is 5.95. The third-order valence-electron chi connectivity index (χ3n) is 9.05. The van der Waals surface area contributed by atoms with E-state index < -0.39 is 5.97 Å². The van der Waals surface area contributed by atoms with E-state index in [4.69, 9.17) is 14.5 Å². The number of fused-ring (bicyclic) bond motifs is 3. The number of piperidine rings is 1. The van der Waals surface area contributed by atoms with Gasteiger partial charge in [-0.15, -0.1) is 0 Å². The van der Waals surface area contributed by atoms with Crippen molar-refractivity contribution in [2.75, 3.05) is 44.1 Å². The molecule has 0 radical (unpaired) electrons. The number of nitrogens with one attached hydrogen (secondary N) is 2. The van der Waals surface area contributed by atoms with Crippen LogP contribution >= 0.6 is 0 Å². The van der Waals surface area contributed by atoms with Gasteiger partial charge in [0.15, 0.2) is 11.5 Å². The predicted molar refractivity (Wildman–Crippen MR) is 167 cm³/mol. The van der Waals surface area contributed by atoms with E-state index in [1.165, 1.54) is 0 Å². The Morgan fingerprint density at radius 2 is 1.84 bits per heavy atom.